The van der Waals surface area contributed by atoms with Crippen LogP contribution in [0.4, 0.5) is 24.5 Å². The molecule has 0 N–H and O–H groups in total. The number of alkyl halides is 3. The van der Waals surface area contributed by atoms with Crippen molar-refractivity contribution in [3.63, 3.8) is 0 Å². The number of fused-ring (bicyclic) bond motifs is 1. The number of nitrogens with zero attached hydrogens (tertiary/aromatic N) is 3. The number of ether oxygens (including phenoxy) is 1. The van der Waals surface area contributed by atoms with Crippen molar-refractivity contribution >= 4 is 17.3 Å². The molecule has 0 aromatic heterocycles. The molecule has 5 nitrogen and oxygen atoms in total. The highest BCUT2D eigenvalue weighted by Gasteiger charge is 2.40. The predicted molar refractivity (Wildman–Crippen MR) is 128 cm³/mol. The molecular formula is C26H32F3N3O2. The third kappa shape index (κ3) is 4.87. The van der Waals surface area contributed by atoms with Crippen molar-refractivity contribution in [2.75, 3.05) is 49.6 Å². The van der Waals surface area contributed by atoms with Crippen LogP contribution in [0.25, 0.3) is 0 Å². The number of benzene rings is 2. The lowest BCUT2D eigenvalue weighted by molar-refractivity contribution is -0.137. The van der Waals surface area contributed by atoms with Crippen LogP contribution in [0.15, 0.2) is 42.5 Å². The number of halogens is 3. The van der Waals surface area contributed by atoms with E-state index in [1.54, 1.807) is 13.2 Å². The second-order valence-corrected chi connectivity index (χ2v) is 9.88. The van der Waals surface area contributed by atoms with E-state index in [1.165, 1.54) is 12.1 Å². The van der Waals surface area contributed by atoms with Crippen molar-refractivity contribution in [2.45, 2.75) is 44.8 Å². The molecule has 184 valence electrons. The molecule has 1 saturated heterocycles. The van der Waals surface area contributed by atoms with Crippen LogP contribution >= 0.6 is 0 Å². The number of anilines is 2. The summed E-state index contributed by atoms with van der Waals surface area (Å²) in [4.78, 5) is 19.5. The van der Waals surface area contributed by atoms with E-state index in [-0.39, 0.29) is 18.0 Å². The Labute approximate surface area is 199 Å². The van der Waals surface area contributed by atoms with Gasteiger partial charge in [-0.2, -0.15) is 13.2 Å². The highest BCUT2D eigenvalue weighted by atomic mass is 19.4. The zero-order valence-corrected chi connectivity index (χ0v) is 20.2. The Balaban J connectivity index is 1.45. The molecule has 0 unspecified atom stereocenters. The maximum absolute atomic E-state index is 13.5. The van der Waals surface area contributed by atoms with E-state index in [0.29, 0.717) is 37.8 Å². The van der Waals surface area contributed by atoms with Crippen LogP contribution in [-0.2, 0) is 11.0 Å². The maximum Gasteiger partial charge on any atom is 0.416 e. The second-order valence-electron chi connectivity index (χ2n) is 9.88. The Bertz CT molecular complexity index is 1050. The first-order valence-electron chi connectivity index (χ1n) is 11.6. The monoisotopic (exact) mass is 475 g/mol. The molecule has 2 aromatic rings. The Morgan fingerprint density at radius 3 is 2.44 bits per heavy atom. The van der Waals surface area contributed by atoms with Gasteiger partial charge in [0.2, 0.25) is 5.91 Å². The number of methoxy groups -OCH3 is 1. The van der Waals surface area contributed by atoms with Crippen molar-refractivity contribution in [2.24, 2.45) is 0 Å². The minimum Gasteiger partial charge on any atom is -0.497 e. The minimum absolute atomic E-state index is 0.0378. The molecule has 0 saturated carbocycles. The zero-order chi connectivity index (χ0) is 24.7. The number of piperazine rings is 1. The lowest BCUT2D eigenvalue weighted by Crippen LogP contribution is -2.56. The van der Waals surface area contributed by atoms with Crippen LogP contribution in [0.2, 0.25) is 0 Å². The Morgan fingerprint density at radius 1 is 1.09 bits per heavy atom. The molecule has 2 aliphatic heterocycles. The summed E-state index contributed by atoms with van der Waals surface area (Å²) >= 11 is 0. The normalized spacial score (nSPS) is 20.7. The molecule has 4 rings (SSSR count). The van der Waals surface area contributed by atoms with Crippen LogP contribution in [0.1, 0.15) is 44.2 Å². The van der Waals surface area contributed by atoms with E-state index in [9.17, 15) is 18.0 Å². The van der Waals surface area contributed by atoms with Crippen molar-refractivity contribution in [3.05, 3.63) is 53.6 Å². The fourth-order valence-corrected chi connectivity index (χ4v) is 5.31. The maximum atomic E-state index is 13.5. The molecule has 2 aromatic carbocycles. The fraction of sp³-hybridized carbons (Fsp3) is 0.500. The number of hydrogen-bond acceptors (Lipinski definition) is 4. The van der Waals surface area contributed by atoms with Crippen molar-refractivity contribution in [1.82, 2.24) is 4.90 Å². The van der Waals surface area contributed by atoms with Gasteiger partial charge in [0.05, 0.1) is 19.2 Å². The minimum atomic E-state index is -4.36. The Kier molecular flexibility index (Phi) is 6.55. The van der Waals surface area contributed by atoms with Crippen LogP contribution in [0, 0.1) is 0 Å². The van der Waals surface area contributed by atoms with Gasteiger partial charge in [0.1, 0.15) is 5.75 Å². The van der Waals surface area contributed by atoms with E-state index >= 15 is 0 Å². The van der Waals surface area contributed by atoms with Crippen molar-refractivity contribution in [1.29, 1.82) is 0 Å². The van der Waals surface area contributed by atoms with E-state index < -0.39 is 11.7 Å². The number of carbonyl (C=O) groups is 1. The average molecular weight is 476 g/mol. The molecule has 0 bridgehead atoms. The predicted octanol–water partition coefficient (Wildman–Crippen LogP) is 5.16. The van der Waals surface area contributed by atoms with Crippen molar-refractivity contribution < 1.29 is 22.7 Å². The summed E-state index contributed by atoms with van der Waals surface area (Å²) in [6.45, 7) is 9.02. The van der Waals surface area contributed by atoms with Gasteiger partial charge >= 0.3 is 6.18 Å². The molecule has 34 heavy (non-hydrogen) atoms. The molecule has 1 atom stereocenters. The molecule has 8 heteroatoms. The first-order valence-corrected chi connectivity index (χ1v) is 11.6. The Hall–Kier alpha value is -2.74. The second kappa shape index (κ2) is 9.13. The number of amides is 1. The molecule has 0 radical (unpaired) electrons. The summed E-state index contributed by atoms with van der Waals surface area (Å²) < 4.78 is 44.6. The lowest BCUT2D eigenvalue weighted by Gasteiger charge is -2.47. The highest BCUT2D eigenvalue weighted by molar-refractivity contribution is 5.97. The van der Waals surface area contributed by atoms with Gasteiger partial charge in [0.15, 0.2) is 0 Å². The SMILES string of the molecule is COc1ccc2c(c1)[C@H](C)CC(C)(C)N2C(=O)CN1CCN(c2cccc(C(F)(F)F)c2)CC1. The first-order chi connectivity index (χ1) is 16.0. The van der Waals surface area contributed by atoms with Gasteiger partial charge in [0, 0.05) is 43.1 Å². The standard InChI is InChI=1S/C26H32F3N3O2/c1-18-16-25(2,3)32(23-9-8-21(34-4)15-22(18)23)24(33)17-30-10-12-31(13-11-30)20-7-5-6-19(14-20)26(27,28)29/h5-9,14-15,18H,10-13,16-17H2,1-4H3/t18-/m1/s1. The third-order valence-electron chi connectivity index (χ3n) is 6.94. The fourth-order valence-electron chi connectivity index (χ4n) is 5.31. The summed E-state index contributed by atoms with van der Waals surface area (Å²) in [6, 6.07) is 11.3. The molecule has 0 spiro atoms. The van der Waals surface area contributed by atoms with Crippen LogP contribution in [0.3, 0.4) is 0 Å². The number of carbonyl (C=O) groups excluding carboxylic acids is 1. The zero-order valence-electron chi connectivity index (χ0n) is 20.2. The van der Waals surface area contributed by atoms with E-state index in [4.69, 9.17) is 4.74 Å². The summed E-state index contributed by atoms with van der Waals surface area (Å²) in [5.74, 6) is 1.12. The molecule has 2 aliphatic rings. The van der Waals surface area contributed by atoms with Crippen molar-refractivity contribution in [3.8, 4) is 5.75 Å². The first kappa shape index (κ1) is 24.4. The topological polar surface area (TPSA) is 36.0 Å². The third-order valence-corrected chi connectivity index (χ3v) is 6.94. The van der Waals surface area contributed by atoms with E-state index in [0.717, 1.165) is 29.5 Å². The molecule has 0 aliphatic carbocycles. The lowest BCUT2D eigenvalue weighted by atomic mass is 9.80. The van der Waals surface area contributed by atoms with Gasteiger partial charge in [-0.25, -0.2) is 0 Å². The smallest absolute Gasteiger partial charge is 0.416 e. The molecule has 1 fully saturated rings. The van der Waals surface area contributed by atoms with Gasteiger partial charge in [-0.3, -0.25) is 9.69 Å². The summed E-state index contributed by atoms with van der Waals surface area (Å²) in [5, 5.41) is 0. The average Bonchev–Trinajstić information content (AvgIpc) is 2.78. The summed E-state index contributed by atoms with van der Waals surface area (Å²) in [5.41, 5.74) is 1.64. The summed E-state index contributed by atoms with van der Waals surface area (Å²) in [6.07, 6.45) is -3.51. The van der Waals surface area contributed by atoms with Crippen LogP contribution in [-0.4, -0.2) is 56.2 Å². The van der Waals surface area contributed by atoms with Gasteiger partial charge in [-0.05, 0) is 68.1 Å². The Morgan fingerprint density at radius 2 is 1.79 bits per heavy atom. The van der Waals surface area contributed by atoms with Crippen LogP contribution in [0.5, 0.6) is 5.75 Å². The van der Waals surface area contributed by atoms with Gasteiger partial charge in [-0.1, -0.05) is 13.0 Å². The highest BCUT2D eigenvalue weighted by Crippen LogP contribution is 2.44. The van der Waals surface area contributed by atoms with Crippen LogP contribution < -0.4 is 14.5 Å². The quantitative estimate of drug-likeness (QED) is 0.613. The van der Waals surface area contributed by atoms with Gasteiger partial charge < -0.3 is 14.5 Å². The van der Waals surface area contributed by atoms with E-state index in [1.807, 2.05) is 28.0 Å². The van der Waals surface area contributed by atoms with E-state index in [2.05, 4.69) is 25.7 Å². The summed E-state index contributed by atoms with van der Waals surface area (Å²) in [7, 11) is 1.64. The number of hydrogen-bond donors (Lipinski definition) is 0. The van der Waals surface area contributed by atoms with Gasteiger partial charge in [0.25, 0.3) is 0 Å². The molecule has 1 amide bonds. The molecular weight excluding hydrogens is 443 g/mol. The van der Waals surface area contributed by atoms with Gasteiger partial charge in [-0.15, -0.1) is 0 Å². The number of rotatable bonds is 4. The largest absolute Gasteiger partial charge is 0.497 e. The molecule has 2 heterocycles.